The van der Waals surface area contributed by atoms with E-state index in [0.717, 1.165) is 32.8 Å². The van der Waals surface area contributed by atoms with Gasteiger partial charge in [-0.05, 0) is 29.7 Å². The van der Waals surface area contributed by atoms with Crippen LogP contribution < -0.4 is 0 Å². The molecule has 1 aromatic rings. The molecule has 0 spiro atoms. The molecule has 2 aliphatic rings. The standard InChI is InChI=1S/C15H21BrN2O/c16-15-2-1-14-12-18(4-3-13(14)11-15)6-5-17-7-9-19-10-8-17/h1-2,11H,3-10,12H2. The number of benzene rings is 1. The summed E-state index contributed by atoms with van der Waals surface area (Å²) in [6.07, 6.45) is 1.18. The van der Waals surface area contributed by atoms with Crippen LogP contribution in [0.2, 0.25) is 0 Å². The number of morpholine rings is 1. The largest absolute Gasteiger partial charge is 0.379 e. The van der Waals surface area contributed by atoms with Crippen molar-refractivity contribution in [2.24, 2.45) is 0 Å². The van der Waals surface area contributed by atoms with Gasteiger partial charge in [-0.3, -0.25) is 9.80 Å². The number of fused-ring (bicyclic) bond motifs is 1. The minimum atomic E-state index is 0.900. The van der Waals surface area contributed by atoms with Gasteiger partial charge in [-0.25, -0.2) is 0 Å². The maximum atomic E-state index is 5.39. The predicted octanol–water partition coefficient (Wildman–Crippen LogP) is 2.14. The van der Waals surface area contributed by atoms with Crippen LogP contribution in [0.25, 0.3) is 0 Å². The highest BCUT2D eigenvalue weighted by molar-refractivity contribution is 9.10. The SMILES string of the molecule is Brc1ccc2c(c1)CCN(CCN1CCOCC1)C2. The average molecular weight is 325 g/mol. The van der Waals surface area contributed by atoms with Crippen LogP contribution >= 0.6 is 15.9 Å². The van der Waals surface area contributed by atoms with Crippen molar-refractivity contribution in [3.63, 3.8) is 0 Å². The van der Waals surface area contributed by atoms with Crippen molar-refractivity contribution in [1.82, 2.24) is 9.80 Å². The summed E-state index contributed by atoms with van der Waals surface area (Å²) in [7, 11) is 0. The third kappa shape index (κ3) is 3.57. The zero-order chi connectivity index (χ0) is 13.1. The van der Waals surface area contributed by atoms with Gasteiger partial charge in [-0.2, -0.15) is 0 Å². The van der Waals surface area contributed by atoms with Gasteiger partial charge in [0.15, 0.2) is 0 Å². The van der Waals surface area contributed by atoms with Crippen LogP contribution in [0.5, 0.6) is 0 Å². The molecule has 1 aromatic carbocycles. The van der Waals surface area contributed by atoms with Gasteiger partial charge >= 0.3 is 0 Å². The van der Waals surface area contributed by atoms with Gasteiger partial charge in [-0.1, -0.05) is 22.0 Å². The van der Waals surface area contributed by atoms with Crippen LogP contribution in [0.4, 0.5) is 0 Å². The molecular formula is C15H21BrN2O. The molecule has 1 saturated heterocycles. The lowest BCUT2D eigenvalue weighted by molar-refractivity contribution is 0.0327. The first kappa shape index (κ1) is 13.6. The fourth-order valence-corrected chi connectivity index (χ4v) is 3.29. The summed E-state index contributed by atoms with van der Waals surface area (Å²) in [6.45, 7) is 8.63. The number of ether oxygens (including phenoxy) is 1. The molecule has 0 saturated carbocycles. The Morgan fingerprint density at radius 2 is 1.79 bits per heavy atom. The third-order valence-corrected chi connectivity index (χ3v) is 4.59. The fraction of sp³-hybridized carbons (Fsp3) is 0.600. The summed E-state index contributed by atoms with van der Waals surface area (Å²) < 4.78 is 6.59. The molecule has 3 rings (SSSR count). The Morgan fingerprint density at radius 1 is 1.00 bits per heavy atom. The number of rotatable bonds is 3. The second kappa shape index (κ2) is 6.35. The first-order valence-electron chi connectivity index (χ1n) is 7.11. The summed E-state index contributed by atoms with van der Waals surface area (Å²) in [5, 5.41) is 0. The van der Waals surface area contributed by atoms with Gasteiger partial charge < -0.3 is 4.74 Å². The molecule has 2 heterocycles. The Bertz CT molecular complexity index is 432. The van der Waals surface area contributed by atoms with Crippen LogP contribution in [-0.4, -0.2) is 55.7 Å². The molecule has 0 atom stereocenters. The van der Waals surface area contributed by atoms with Gasteiger partial charge in [0.2, 0.25) is 0 Å². The monoisotopic (exact) mass is 324 g/mol. The number of nitrogens with zero attached hydrogens (tertiary/aromatic N) is 2. The van der Waals surface area contributed by atoms with Crippen molar-refractivity contribution in [1.29, 1.82) is 0 Å². The number of halogens is 1. The highest BCUT2D eigenvalue weighted by Gasteiger charge is 2.17. The number of hydrogen-bond donors (Lipinski definition) is 0. The Morgan fingerprint density at radius 3 is 2.63 bits per heavy atom. The van der Waals surface area contributed by atoms with Gasteiger partial charge in [0.25, 0.3) is 0 Å². The van der Waals surface area contributed by atoms with Crippen LogP contribution in [0, 0.1) is 0 Å². The van der Waals surface area contributed by atoms with Crippen LogP contribution in [0.15, 0.2) is 22.7 Å². The zero-order valence-electron chi connectivity index (χ0n) is 11.3. The van der Waals surface area contributed by atoms with Crippen molar-refractivity contribution in [3.8, 4) is 0 Å². The molecule has 0 unspecified atom stereocenters. The van der Waals surface area contributed by atoms with Gasteiger partial charge in [0, 0.05) is 43.7 Å². The lowest BCUT2D eigenvalue weighted by Crippen LogP contribution is -2.42. The predicted molar refractivity (Wildman–Crippen MR) is 80.4 cm³/mol. The Labute approximate surface area is 123 Å². The van der Waals surface area contributed by atoms with E-state index in [2.05, 4.69) is 43.9 Å². The summed E-state index contributed by atoms with van der Waals surface area (Å²) in [4.78, 5) is 5.09. The Balaban J connectivity index is 1.52. The third-order valence-electron chi connectivity index (χ3n) is 4.10. The minimum Gasteiger partial charge on any atom is -0.379 e. The molecule has 1 fully saturated rings. The van der Waals surface area contributed by atoms with E-state index in [1.807, 2.05) is 0 Å². The Hall–Kier alpha value is -0.420. The van der Waals surface area contributed by atoms with E-state index in [1.165, 1.54) is 41.7 Å². The summed E-state index contributed by atoms with van der Waals surface area (Å²) >= 11 is 3.56. The van der Waals surface area contributed by atoms with E-state index in [1.54, 1.807) is 0 Å². The van der Waals surface area contributed by atoms with E-state index in [-0.39, 0.29) is 0 Å². The lowest BCUT2D eigenvalue weighted by atomic mass is 10.00. The fourth-order valence-electron chi connectivity index (χ4n) is 2.88. The van der Waals surface area contributed by atoms with E-state index in [0.29, 0.717) is 0 Å². The van der Waals surface area contributed by atoms with Gasteiger partial charge in [0.1, 0.15) is 0 Å². The molecule has 104 valence electrons. The van der Waals surface area contributed by atoms with Crippen molar-refractivity contribution >= 4 is 15.9 Å². The minimum absolute atomic E-state index is 0.900. The summed E-state index contributed by atoms with van der Waals surface area (Å²) in [6, 6.07) is 6.69. The van der Waals surface area contributed by atoms with E-state index in [9.17, 15) is 0 Å². The number of hydrogen-bond acceptors (Lipinski definition) is 3. The molecule has 0 aromatic heterocycles. The first-order chi connectivity index (χ1) is 9.31. The van der Waals surface area contributed by atoms with E-state index in [4.69, 9.17) is 4.74 Å². The molecule has 19 heavy (non-hydrogen) atoms. The lowest BCUT2D eigenvalue weighted by Gasteiger charge is -2.32. The zero-order valence-corrected chi connectivity index (χ0v) is 12.9. The normalized spacial score (nSPS) is 21.3. The summed E-state index contributed by atoms with van der Waals surface area (Å²) in [5.41, 5.74) is 3.01. The van der Waals surface area contributed by atoms with Crippen molar-refractivity contribution in [2.45, 2.75) is 13.0 Å². The molecular weight excluding hydrogens is 304 g/mol. The van der Waals surface area contributed by atoms with Crippen LogP contribution in [0.3, 0.4) is 0 Å². The van der Waals surface area contributed by atoms with Crippen molar-refractivity contribution in [2.75, 3.05) is 45.9 Å². The molecule has 0 aliphatic carbocycles. The van der Waals surface area contributed by atoms with Crippen LogP contribution in [0.1, 0.15) is 11.1 Å². The molecule has 0 radical (unpaired) electrons. The molecule has 4 heteroatoms. The molecule has 2 aliphatic heterocycles. The first-order valence-corrected chi connectivity index (χ1v) is 7.90. The second-order valence-corrected chi connectivity index (χ2v) is 6.31. The van der Waals surface area contributed by atoms with Crippen molar-refractivity contribution in [3.05, 3.63) is 33.8 Å². The maximum Gasteiger partial charge on any atom is 0.0594 e. The van der Waals surface area contributed by atoms with Crippen LogP contribution in [-0.2, 0) is 17.7 Å². The van der Waals surface area contributed by atoms with Crippen molar-refractivity contribution < 1.29 is 4.74 Å². The Kier molecular flexibility index (Phi) is 4.53. The van der Waals surface area contributed by atoms with E-state index >= 15 is 0 Å². The molecule has 0 amide bonds. The smallest absolute Gasteiger partial charge is 0.0594 e. The quantitative estimate of drug-likeness (QED) is 0.847. The molecule has 0 N–H and O–H groups in total. The maximum absolute atomic E-state index is 5.39. The summed E-state index contributed by atoms with van der Waals surface area (Å²) in [5.74, 6) is 0. The topological polar surface area (TPSA) is 15.7 Å². The highest BCUT2D eigenvalue weighted by Crippen LogP contribution is 2.22. The average Bonchev–Trinajstić information content (AvgIpc) is 2.46. The van der Waals surface area contributed by atoms with E-state index < -0.39 is 0 Å². The highest BCUT2D eigenvalue weighted by atomic mass is 79.9. The molecule has 0 bridgehead atoms. The van der Waals surface area contributed by atoms with Gasteiger partial charge in [-0.15, -0.1) is 0 Å². The second-order valence-electron chi connectivity index (χ2n) is 5.39. The molecule has 3 nitrogen and oxygen atoms in total. The van der Waals surface area contributed by atoms with Gasteiger partial charge in [0.05, 0.1) is 13.2 Å².